The molecule has 1 aliphatic rings. The van der Waals surface area contributed by atoms with E-state index in [1.54, 1.807) is 6.07 Å². The van der Waals surface area contributed by atoms with Crippen LogP contribution in [-0.2, 0) is 6.42 Å². The van der Waals surface area contributed by atoms with E-state index in [2.05, 4.69) is 18.8 Å². The highest BCUT2D eigenvalue weighted by atomic mass is 16.2. The molecule has 1 atom stereocenters. The number of likely N-dealkylation sites (tertiary alicyclic amines) is 1. The summed E-state index contributed by atoms with van der Waals surface area (Å²) in [4.78, 5) is 18.9. The third-order valence-corrected chi connectivity index (χ3v) is 4.03. The van der Waals surface area contributed by atoms with E-state index in [0.29, 0.717) is 17.3 Å². The molecule has 1 aromatic heterocycles. The molecule has 0 aromatic carbocycles. The van der Waals surface area contributed by atoms with Crippen molar-refractivity contribution in [1.82, 2.24) is 9.88 Å². The smallest absolute Gasteiger partial charge is 0.254 e. The fraction of sp³-hybridized carbons (Fsp3) is 0.625. The molecule has 0 radical (unpaired) electrons. The van der Waals surface area contributed by atoms with E-state index in [-0.39, 0.29) is 5.91 Å². The maximum Gasteiger partial charge on any atom is 0.254 e. The number of amides is 1. The molecule has 2 rings (SSSR count). The highest BCUT2D eigenvalue weighted by Gasteiger charge is 2.23. The number of nitrogens with two attached hydrogens (primary N) is 1. The van der Waals surface area contributed by atoms with Crippen LogP contribution in [0.4, 0.5) is 5.82 Å². The third-order valence-electron chi connectivity index (χ3n) is 4.03. The van der Waals surface area contributed by atoms with Gasteiger partial charge in [-0.05, 0) is 37.3 Å². The SMILES string of the molecule is CCCc1cc(C(=O)N2CCCC(CC)C2)cc(N)n1. The Kier molecular flexibility index (Phi) is 4.99. The van der Waals surface area contributed by atoms with Crippen molar-refractivity contribution in [2.24, 2.45) is 5.92 Å². The minimum atomic E-state index is 0.106. The lowest BCUT2D eigenvalue weighted by molar-refractivity contribution is 0.0671. The molecule has 0 aliphatic carbocycles. The van der Waals surface area contributed by atoms with Crippen molar-refractivity contribution < 1.29 is 4.79 Å². The van der Waals surface area contributed by atoms with E-state index in [9.17, 15) is 4.79 Å². The number of aromatic nitrogens is 1. The Labute approximate surface area is 121 Å². The van der Waals surface area contributed by atoms with Gasteiger partial charge in [0.1, 0.15) is 5.82 Å². The minimum Gasteiger partial charge on any atom is -0.384 e. The zero-order valence-electron chi connectivity index (χ0n) is 12.6. The van der Waals surface area contributed by atoms with Crippen molar-refractivity contribution in [3.8, 4) is 0 Å². The van der Waals surface area contributed by atoms with Crippen LogP contribution in [0, 0.1) is 5.92 Å². The third kappa shape index (κ3) is 3.50. The molecule has 4 nitrogen and oxygen atoms in total. The van der Waals surface area contributed by atoms with Crippen molar-refractivity contribution in [1.29, 1.82) is 0 Å². The lowest BCUT2D eigenvalue weighted by Gasteiger charge is -2.32. The number of nitrogens with zero attached hydrogens (tertiary/aromatic N) is 2. The van der Waals surface area contributed by atoms with E-state index in [1.807, 2.05) is 11.0 Å². The van der Waals surface area contributed by atoms with Crippen LogP contribution in [-0.4, -0.2) is 28.9 Å². The number of carbonyl (C=O) groups is 1. The first-order valence-electron chi connectivity index (χ1n) is 7.69. The van der Waals surface area contributed by atoms with Gasteiger partial charge in [0.2, 0.25) is 0 Å². The number of pyridine rings is 1. The van der Waals surface area contributed by atoms with Crippen LogP contribution in [0.15, 0.2) is 12.1 Å². The summed E-state index contributed by atoms with van der Waals surface area (Å²) in [6.07, 6.45) is 5.35. The first kappa shape index (κ1) is 14.8. The normalized spacial score (nSPS) is 19.1. The second-order valence-electron chi connectivity index (χ2n) is 5.69. The average molecular weight is 275 g/mol. The summed E-state index contributed by atoms with van der Waals surface area (Å²) in [7, 11) is 0. The summed E-state index contributed by atoms with van der Waals surface area (Å²) in [6.45, 7) is 6.03. The van der Waals surface area contributed by atoms with E-state index in [1.165, 1.54) is 6.42 Å². The fourth-order valence-electron chi connectivity index (χ4n) is 2.88. The van der Waals surface area contributed by atoms with Gasteiger partial charge in [0.15, 0.2) is 0 Å². The Balaban J connectivity index is 2.15. The number of aryl methyl sites for hydroxylation is 1. The van der Waals surface area contributed by atoms with Crippen LogP contribution < -0.4 is 5.73 Å². The average Bonchev–Trinajstić information content (AvgIpc) is 2.46. The van der Waals surface area contributed by atoms with Gasteiger partial charge in [-0.15, -0.1) is 0 Å². The fourth-order valence-corrected chi connectivity index (χ4v) is 2.88. The number of carbonyl (C=O) groups excluding carboxylic acids is 1. The van der Waals surface area contributed by atoms with Gasteiger partial charge in [0.25, 0.3) is 5.91 Å². The van der Waals surface area contributed by atoms with Crippen molar-refractivity contribution >= 4 is 11.7 Å². The van der Waals surface area contributed by atoms with Crippen LogP contribution in [0.5, 0.6) is 0 Å². The molecule has 1 saturated heterocycles. The van der Waals surface area contributed by atoms with E-state index < -0.39 is 0 Å². The summed E-state index contributed by atoms with van der Waals surface area (Å²) in [5, 5.41) is 0. The first-order valence-corrected chi connectivity index (χ1v) is 7.69. The first-order chi connectivity index (χ1) is 9.63. The van der Waals surface area contributed by atoms with Gasteiger partial charge in [-0.2, -0.15) is 0 Å². The molecule has 0 bridgehead atoms. The zero-order chi connectivity index (χ0) is 14.5. The summed E-state index contributed by atoms with van der Waals surface area (Å²) in [5.74, 6) is 1.19. The Morgan fingerprint density at radius 2 is 2.25 bits per heavy atom. The number of nitrogen functional groups attached to an aromatic ring is 1. The van der Waals surface area contributed by atoms with Crippen LogP contribution in [0.1, 0.15) is 55.6 Å². The Morgan fingerprint density at radius 3 is 2.95 bits per heavy atom. The van der Waals surface area contributed by atoms with E-state index >= 15 is 0 Å². The number of rotatable bonds is 4. The molecule has 0 saturated carbocycles. The zero-order valence-corrected chi connectivity index (χ0v) is 12.6. The summed E-state index contributed by atoms with van der Waals surface area (Å²) >= 11 is 0. The molecule has 1 fully saturated rings. The maximum absolute atomic E-state index is 12.6. The standard InChI is InChI=1S/C16H25N3O/c1-3-6-14-9-13(10-15(17)18-14)16(20)19-8-5-7-12(4-2)11-19/h9-10,12H,3-8,11H2,1-2H3,(H2,17,18). The molecule has 2 heterocycles. The van der Waals surface area contributed by atoms with Gasteiger partial charge in [-0.3, -0.25) is 4.79 Å². The molecule has 1 unspecified atom stereocenters. The topological polar surface area (TPSA) is 59.2 Å². The number of hydrogen-bond acceptors (Lipinski definition) is 3. The number of hydrogen-bond donors (Lipinski definition) is 1. The van der Waals surface area contributed by atoms with Crippen LogP contribution in [0.25, 0.3) is 0 Å². The molecule has 1 aromatic rings. The van der Waals surface area contributed by atoms with Gasteiger partial charge >= 0.3 is 0 Å². The summed E-state index contributed by atoms with van der Waals surface area (Å²) in [5.41, 5.74) is 7.44. The highest BCUT2D eigenvalue weighted by molar-refractivity contribution is 5.95. The van der Waals surface area contributed by atoms with Crippen LogP contribution in [0.3, 0.4) is 0 Å². The Bertz CT molecular complexity index is 473. The summed E-state index contributed by atoms with van der Waals surface area (Å²) in [6, 6.07) is 3.61. The quantitative estimate of drug-likeness (QED) is 0.919. The van der Waals surface area contributed by atoms with Crippen molar-refractivity contribution in [3.63, 3.8) is 0 Å². The van der Waals surface area contributed by atoms with Gasteiger partial charge in [-0.1, -0.05) is 26.7 Å². The van der Waals surface area contributed by atoms with Crippen LogP contribution >= 0.6 is 0 Å². The number of piperidine rings is 1. The van der Waals surface area contributed by atoms with E-state index in [0.717, 1.165) is 44.5 Å². The van der Waals surface area contributed by atoms with Crippen molar-refractivity contribution in [2.75, 3.05) is 18.8 Å². The molecule has 1 amide bonds. The van der Waals surface area contributed by atoms with Gasteiger partial charge in [0.05, 0.1) is 0 Å². The Hall–Kier alpha value is -1.58. The van der Waals surface area contributed by atoms with Gasteiger partial charge < -0.3 is 10.6 Å². The monoisotopic (exact) mass is 275 g/mol. The highest BCUT2D eigenvalue weighted by Crippen LogP contribution is 2.21. The lowest BCUT2D eigenvalue weighted by Crippen LogP contribution is -2.39. The predicted octanol–water partition coefficient (Wildman–Crippen LogP) is 2.88. The molecule has 0 spiro atoms. The molecular weight excluding hydrogens is 250 g/mol. The van der Waals surface area contributed by atoms with Gasteiger partial charge in [-0.25, -0.2) is 4.98 Å². The van der Waals surface area contributed by atoms with Crippen LogP contribution in [0.2, 0.25) is 0 Å². The van der Waals surface area contributed by atoms with Crippen molar-refractivity contribution in [2.45, 2.75) is 46.0 Å². The molecule has 4 heteroatoms. The second kappa shape index (κ2) is 6.73. The van der Waals surface area contributed by atoms with Gasteiger partial charge in [0, 0.05) is 24.3 Å². The molecule has 110 valence electrons. The minimum absolute atomic E-state index is 0.106. The largest absolute Gasteiger partial charge is 0.384 e. The predicted molar refractivity (Wildman–Crippen MR) is 81.6 cm³/mol. The van der Waals surface area contributed by atoms with E-state index in [4.69, 9.17) is 5.73 Å². The maximum atomic E-state index is 12.6. The number of anilines is 1. The molecule has 20 heavy (non-hydrogen) atoms. The second-order valence-corrected chi connectivity index (χ2v) is 5.69. The molecular formula is C16H25N3O. The van der Waals surface area contributed by atoms with Crippen molar-refractivity contribution in [3.05, 3.63) is 23.4 Å². The molecule has 2 N–H and O–H groups in total. The lowest BCUT2D eigenvalue weighted by atomic mass is 9.95. The summed E-state index contributed by atoms with van der Waals surface area (Å²) < 4.78 is 0. The molecule has 1 aliphatic heterocycles. The Morgan fingerprint density at radius 1 is 1.45 bits per heavy atom.